The predicted molar refractivity (Wildman–Crippen MR) is 101 cm³/mol. The smallest absolute Gasteiger partial charge is 0.345 e. The molecule has 0 radical (unpaired) electrons. The molecule has 3 aliphatic heterocycles. The van der Waals surface area contributed by atoms with Crippen LogP contribution in [0.5, 0.6) is 23.0 Å². The Morgan fingerprint density at radius 2 is 1.83 bits per heavy atom. The molecule has 0 bridgehead atoms. The highest BCUT2D eigenvalue weighted by Crippen LogP contribution is 2.44. The monoisotopic (exact) mass is 392 g/mol. The number of benzene rings is 2. The number of pyridine rings is 1. The largest absolute Gasteiger partial charge is 0.462 e. The molecule has 7 heteroatoms. The first kappa shape index (κ1) is 16.5. The lowest BCUT2D eigenvalue weighted by atomic mass is 9.91. The minimum Gasteiger partial charge on any atom is -0.462 e. The summed E-state index contributed by atoms with van der Waals surface area (Å²) in [6.45, 7) is 3.23. The lowest BCUT2D eigenvalue weighted by Gasteiger charge is -2.19. The van der Waals surface area contributed by atoms with Crippen LogP contribution in [0.2, 0.25) is 0 Å². The fourth-order valence-corrected chi connectivity index (χ4v) is 4.36. The van der Waals surface area contributed by atoms with Gasteiger partial charge in [-0.1, -0.05) is 0 Å². The van der Waals surface area contributed by atoms with Crippen molar-refractivity contribution in [3.8, 4) is 34.3 Å². The zero-order valence-corrected chi connectivity index (χ0v) is 15.8. The van der Waals surface area contributed by atoms with Crippen molar-refractivity contribution in [1.29, 1.82) is 0 Å². The van der Waals surface area contributed by atoms with Gasteiger partial charge in [-0.3, -0.25) is 0 Å². The molecule has 4 heterocycles. The molecule has 0 atom stereocenters. The molecular formula is C22H18NO6+. The number of nitrogens with zero attached hydrogens (tertiary/aromatic N) is 1. The molecule has 0 spiro atoms. The molecule has 0 aliphatic carbocycles. The summed E-state index contributed by atoms with van der Waals surface area (Å²) in [5.74, 6) is 2.44. The standard InChI is InChI=1S/C22H18NO6/c1-2-25-22(24)19-13-3-4-16-21(29-11-26-16)15(13)9-23-6-5-12-7-17-18(28-10-27-17)8-14(12)20(19)23/h3-4,7-9H,2,5-6,10-11H2,1H3/q+1. The maximum atomic E-state index is 13.1. The van der Waals surface area contributed by atoms with E-state index in [9.17, 15) is 4.79 Å². The van der Waals surface area contributed by atoms with Crippen molar-refractivity contribution < 1.29 is 33.0 Å². The molecule has 29 heavy (non-hydrogen) atoms. The van der Waals surface area contributed by atoms with Crippen LogP contribution in [0.15, 0.2) is 30.5 Å². The van der Waals surface area contributed by atoms with Crippen LogP contribution in [-0.4, -0.2) is 26.2 Å². The predicted octanol–water partition coefficient (Wildman–Crippen LogP) is 2.98. The summed E-state index contributed by atoms with van der Waals surface area (Å²) in [6, 6.07) is 7.72. The van der Waals surface area contributed by atoms with Crippen molar-refractivity contribution in [2.24, 2.45) is 0 Å². The van der Waals surface area contributed by atoms with Crippen molar-refractivity contribution in [2.75, 3.05) is 20.2 Å². The van der Waals surface area contributed by atoms with Crippen LogP contribution in [0.1, 0.15) is 22.8 Å². The SMILES string of the molecule is CCOC(=O)c1c2[n+](cc3c4c(ccc13)OCO4)CCc1cc3c(cc1-2)OCO3. The van der Waals surface area contributed by atoms with E-state index in [0.717, 1.165) is 46.3 Å². The molecule has 0 N–H and O–H groups in total. The number of aromatic nitrogens is 1. The number of rotatable bonds is 2. The molecule has 1 aromatic heterocycles. The summed E-state index contributed by atoms with van der Waals surface area (Å²) in [7, 11) is 0. The molecule has 0 saturated carbocycles. The van der Waals surface area contributed by atoms with E-state index in [1.54, 1.807) is 0 Å². The summed E-state index contributed by atoms with van der Waals surface area (Å²) in [5.41, 5.74) is 3.44. The van der Waals surface area contributed by atoms with E-state index in [4.69, 9.17) is 23.7 Å². The van der Waals surface area contributed by atoms with Gasteiger partial charge in [-0.2, -0.15) is 4.57 Å². The van der Waals surface area contributed by atoms with Crippen molar-refractivity contribution in [1.82, 2.24) is 0 Å². The molecule has 0 fully saturated rings. The van der Waals surface area contributed by atoms with E-state index in [1.165, 1.54) is 0 Å². The second-order valence-electron chi connectivity index (χ2n) is 7.14. The lowest BCUT2D eigenvalue weighted by Crippen LogP contribution is -2.41. The minimum absolute atomic E-state index is 0.178. The maximum absolute atomic E-state index is 13.1. The normalized spacial score (nSPS) is 15.2. The van der Waals surface area contributed by atoms with Gasteiger partial charge in [0.25, 0.3) is 0 Å². The molecule has 0 saturated heterocycles. The number of fused-ring (bicyclic) bond motifs is 7. The van der Waals surface area contributed by atoms with Gasteiger partial charge < -0.3 is 23.7 Å². The zero-order chi connectivity index (χ0) is 19.5. The maximum Gasteiger partial charge on any atom is 0.345 e. The van der Waals surface area contributed by atoms with E-state index >= 15 is 0 Å². The molecule has 0 amide bonds. The molecule has 0 unspecified atom stereocenters. The number of hydrogen-bond donors (Lipinski definition) is 0. The number of aryl methyl sites for hydroxylation is 2. The average Bonchev–Trinajstić information content (AvgIpc) is 3.39. The Labute approximate surface area is 166 Å². The zero-order valence-electron chi connectivity index (χ0n) is 15.8. The van der Waals surface area contributed by atoms with E-state index in [1.807, 2.05) is 37.4 Å². The Hall–Kier alpha value is -3.48. The lowest BCUT2D eigenvalue weighted by molar-refractivity contribution is -0.686. The Kier molecular flexibility index (Phi) is 3.41. The molecule has 2 aromatic carbocycles. The van der Waals surface area contributed by atoms with Crippen LogP contribution in [0, 0.1) is 0 Å². The van der Waals surface area contributed by atoms with E-state index in [2.05, 4.69) is 4.57 Å². The van der Waals surface area contributed by atoms with Crippen molar-refractivity contribution >= 4 is 16.7 Å². The quantitative estimate of drug-likeness (QED) is 0.493. The number of carbonyl (C=O) groups is 1. The van der Waals surface area contributed by atoms with Gasteiger partial charge in [0.05, 0.1) is 17.6 Å². The topological polar surface area (TPSA) is 67.1 Å². The highest BCUT2D eigenvalue weighted by molar-refractivity contribution is 6.10. The van der Waals surface area contributed by atoms with E-state index in [-0.39, 0.29) is 19.6 Å². The van der Waals surface area contributed by atoms with Gasteiger partial charge in [0, 0.05) is 11.8 Å². The third-order valence-electron chi connectivity index (χ3n) is 5.61. The molecule has 6 rings (SSSR count). The Balaban J connectivity index is 1.69. The number of hydrogen-bond acceptors (Lipinski definition) is 6. The Morgan fingerprint density at radius 3 is 2.69 bits per heavy atom. The minimum atomic E-state index is -0.355. The van der Waals surface area contributed by atoms with Gasteiger partial charge in [0.2, 0.25) is 19.3 Å². The molecule has 146 valence electrons. The van der Waals surface area contributed by atoms with Gasteiger partial charge in [-0.25, -0.2) is 4.79 Å². The molecule has 7 nitrogen and oxygen atoms in total. The van der Waals surface area contributed by atoms with Gasteiger partial charge in [0.1, 0.15) is 5.56 Å². The average molecular weight is 392 g/mol. The van der Waals surface area contributed by atoms with Crippen LogP contribution in [0.3, 0.4) is 0 Å². The van der Waals surface area contributed by atoms with E-state index < -0.39 is 0 Å². The summed E-state index contributed by atoms with van der Waals surface area (Å²) in [6.07, 6.45) is 2.86. The van der Waals surface area contributed by atoms with E-state index in [0.29, 0.717) is 29.4 Å². The first-order valence-corrected chi connectivity index (χ1v) is 9.63. The fraction of sp³-hybridized carbons (Fsp3) is 0.273. The highest BCUT2D eigenvalue weighted by Gasteiger charge is 2.36. The number of ether oxygens (including phenoxy) is 5. The van der Waals surface area contributed by atoms with Gasteiger partial charge in [-0.15, -0.1) is 0 Å². The summed E-state index contributed by atoms with van der Waals surface area (Å²) in [4.78, 5) is 13.1. The van der Waals surface area contributed by atoms with Crippen LogP contribution in [0.4, 0.5) is 0 Å². The van der Waals surface area contributed by atoms with Gasteiger partial charge in [-0.05, 0) is 36.8 Å². The number of esters is 1. The first-order valence-electron chi connectivity index (χ1n) is 9.63. The van der Waals surface area contributed by atoms with Crippen molar-refractivity contribution in [2.45, 2.75) is 19.9 Å². The summed E-state index contributed by atoms with van der Waals surface area (Å²) in [5, 5.41) is 1.63. The van der Waals surface area contributed by atoms with Crippen LogP contribution in [-0.2, 0) is 17.7 Å². The van der Waals surface area contributed by atoms with Crippen molar-refractivity contribution in [3.05, 3.63) is 41.6 Å². The fourth-order valence-electron chi connectivity index (χ4n) is 4.36. The summed E-state index contributed by atoms with van der Waals surface area (Å²) >= 11 is 0. The molecular weight excluding hydrogens is 374 g/mol. The third kappa shape index (κ3) is 2.30. The van der Waals surface area contributed by atoms with Crippen LogP contribution < -0.4 is 23.5 Å². The van der Waals surface area contributed by atoms with Gasteiger partial charge >= 0.3 is 5.97 Å². The Morgan fingerprint density at radius 1 is 1.03 bits per heavy atom. The first-order chi connectivity index (χ1) is 14.2. The highest BCUT2D eigenvalue weighted by atomic mass is 16.7. The second kappa shape index (κ2) is 6.01. The molecule has 3 aromatic rings. The third-order valence-corrected chi connectivity index (χ3v) is 5.61. The van der Waals surface area contributed by atoms with Crippen LogP contribution in [0.25, 0.3) is 22.0 Å². The molecule has 3 aliphatic rings. The number of carbonyl (C=O) groups excluding carboxylic acids is 1. The second-order valence-corrected chi connectivity index (χ2v) is 7.14. The summed E-state index contributed by atoms with van der Waals surface area (Å²) < 4.78 is 29.9. The Bertz CT molecular complexity index is 1200. The van der Waals surface area contributed by atoms with Crippen molar-refractivity contribution in [3.63, 3.8) is 0 Å². The van der Waals surface area contributed by atoms with Gasteiger partial charge in [0.15, 0.2) is 35.7 Å². The van der Waals surface area contributed by atoms with Crippen LogP contribution >= 0.6 is 0 Å².